The fourth-order valence-corrected chi connectivity index (χ4v) is 4.94. The summed E-state index contributed by atoms with van der Waals surface area (Å²) in [4.78, 5) is 26.2. The molecule has 2 aromatic rings. The maximum atomic E-state index is 13.0. The third-order valence-electron chi connectivity index (χ3n) is 5.75. The number of carbonyl (C=O) groups is 2. The van der Waals surface area contributed by atoms with Gasteiger partial charge >= 0.3 is 12.1 Å². The van der Waals surface area contributed by atoms with Crippen LogP contribution in [0, 0.1) is 5.92 Å². The number of ether oxygens (including phenoxy) is 1. The zero-order valence-corrected chi connectivity index (χ0v) is 19.4. The molecule has 0 aliphatic carbocycles. The lowest BCUT2D eigenvalue weighted by Gasteiger charge is -2.23. The topological polar surface area (TPSA) is 92.8 Å². The lowest BCUT2D eigenvalue weighted by atomic mass is 10.0. The number of para-hydroxylation sites is 1. The molecule has 2 aromatic carbocycles. The van der Waals surface area contributed by atoms with Gasteiger partial charge in [-0.25, -0.2) is 8.42 Å². The lowest BCUT2D eigenvalue weighted by molar-refractivity contribution is -0.150. The Balaban J connectivity index is 1.72. The number of hydrogen-bond donors (Lipinski definition) is 1. The van der Waals surface area contributed by atoms with Gasteiger partial charge in [0.1, 0.15) is 6.04 Å². The largest absolute Gasteiger partial charge is 0.454 e. The first-order valence-corrected chi connectivity index (χ1v) is 12.2. The van der Waals surface area contributed by atoms with E-state index in [1.54, 1.807) is 26.0 Å². The van der Waals surface area contributed by atoms with Gasteiger partial charge in [-0.1, -0.05) is 44.5 Å². The molecule has 0 fully saturated rings. The van der Waals surface area contributed by atoms with Gasteiger partial charge in [-0.3, -0.25) is 9.59 Å². The monoisotopic (exact) mass is 498 g/mol. The van der Waals surface area contributed by atoms with Gasteiger partial charge in [-0.2, -0.15) is 17.9 Å². The number of halogens is 3. The molecule has 0 bridgehead atoms. The molecule has 0 unspecified atom stereocenters. The van der Waals surface area contributed by atoms with Crippen LogP contribution in [-0.4, -0.2) is 39.5 Å². The number of anilines is 1. The number of sulfonamides is 1. The average Bonchev–Trinajstić information content (AvgIpc) is 3.24. The van der Waals surface area contributed by atoms with E-state index in [9.17, 15) is 31.2 Å². The maximum Gasteiger partial charge on any atom is 0.416 e. The van der Waals surface area contributed by atoms with Crippen molar-refractivity contribution in [1.82, 2.24) is 4.72 Å². The van der Waals surface area contributed by atoms with Crippen molar-refractivity contribution in [3.05, 3.63) is 59.7 Å². The average molecular weight is 499 g/mol. The number of alkyl halides is 3. The van der Waals surface area contributed by atoms with Crippen molar-refractivity contribution < 1.29 is 35.9 Å². The van der Waals surface area contributed by atoms with E-state index in [0.717, 1.165) is 29.4 Å². The van der Waals surface area contributed by atoms with Gasteiger partial charge in [0, 0.05) is 12.2 Å². The van der Waals surface area contributed by atoms with Crippen molar-refractivity contribution in [2.24, 2.45) is 5.92 Å². The number of amides is 1. The van der Waals surface area contributed by atoms with Crippen LogP contribution in [0.1, 0.15) is 31.4 Å². The van der Waals surface area contributed by atoms with E-state index in [-0.39, 0.29) is 0 Å². The van der Waals surface area contributed by atoms with E-state index in [1.807, 2.05) is 12.1 Å². The van der Waals surface area contributed by atoms with Crippen molar-refractivity contribution >= 4 is 27.6 Å². The van der Waals surface area contributed by atoms with Gasteiger partial charge in [0.05, 0.1) is 10.5 Å². The second-order valence-corrected chi connectivity index (χ2v) is 9.76. The first-order chi connectivity index (χ1) is 15.9. The number of esters is 1. The van der Waals surface area contributed by atoms with Crippen LogP contribution in [0.3, 0.4) is 0 Å². The predicted octanol–water partition coefficient (Wildman–Crippen LogP) is 3.53. The summed E-state index contributed by atoms with van der Waals surface area (Å²) in [5, 5.41) is 0. The number of benzene rings is 2. The van der Waals surface area contributed by atoms with Crippen molar-refractivity contribution in [3.63, 3.8) is 0 Å². The molecule has 1 aliphatic heterocycles. The van der Waals surface area contributed by atoms with Crippen LogP contribution in [0.4, 0.5) is 18.9 Å². The van der Waals surface area contributed by atoms with Crippen molar-refractivity contribution in [3.8, 4) is 0 Å². The molecule has 0 saturated carbocycles. The highest BCUT2D eigenvalue weighted by molar-refractivity contribution is 7.89. The van der Waals surface area contributed by atoms with Gasteiger partial charge in [0.15, 0.2) is 6.61 Å². The van der Waals surface area contributed by atoms with Crippen LogP contribution in [0.5, 0.6) is 0 Å². The van der Waals surface area contributed by atoms with Gasteiger partial charge in [-0.15, -0.1) is 0 Å². The number of hydrogen-bond acceptors (Lipinski definition) is 5. The van der Waals surface area contributed by atoms with Crippen LogP contribution in [-0.2, 0) is 36.9 Å². The number of carbonyl (C=O) groups excluding carboxylic acids is 2. The Morgan fingerprint density at radius 3 is 2.53 bits per heavy atom. The van der Waals surface area contributed by atoms with Crippen LogP contribution in [0.2, 0.25) is 0 Å². The second kappa shape index (κ2) is 10.1. The third-order valence-corrected chi connectivity index (χ3v) is 7.19. The van der Waals surface area contributed by atoms with Gasteiger partial charge in [0.2, 0.25) is 10.0 Å². The minimum atomic E-state index is -4.73. The molecular weight excluding hydrogens is 473 g/mol. The quantitative estimate of drug-likeness (QED) is 0.562. The van der Waals surface area contributed by atoms with Crippen LogP contribution in [0.25, 0.3) is 0 Å². The molecule has 34 heavy (non-hydrogen) atoms. The number of fused-ring (bicyclic) bond motifs is 1. The Kier molecular flexibility index (Phi) is 7.67. The first-order valence-electron chi connectivity index (χ1n) is 10.7. The number of nitrogens with zero attached hydrogens (tertiary/aromatic N) is 1. The predicted molar refractivity (Wildman–Crippen MR) is 118 cm³/mol. The van der Waals surface area contributed by atoms with E-state index in [2.05, 4.69) is 4.72 Å². The van der Waals surface area contributed by atoms with Gasteiger partial charge < -0.3 is 9.64 Å². The first kappa shape index (κ1) is 25.7. The summed E-state index contributed by atoms with van der Waals surface area (Å²) < 4.78 is 71.8. The summed E-state index contributed by atoms with van der Waals surface area (Å²) in [5.41, 5.74) is 0.593. The third kappa shape index (κ3) is 5.76. The molecule has 2 atom stereocenters. The molecule has 1 N–H and O–H groups in total. The Bertz CT molecular complexity index is 1170. The Hall–Kier alpha value is -2.92. The molecule has 1 aliphatic rings. The molecule has 1 heterocycles. The van der Waals surface area contributed by atoms with E-state index < -0.39 is 57.1 Å². The van der Waals surface area contributed by atoms with Crippen molar-refractivity contribution in [2.75, 3.05) is 18.1 Å². The van der Waals surface area contributed by atoms with E-state index in [1.165, 1.54) is 4.90 Å². The van der Waals surface area contributed by atoms with Gasteiger partial charge in [-0.05, 0) is 42.2 Å². The molecule has 0 aromatic heterocycles. The smallest absolute Gasteiger partial charge is 0.416 e. The summed E-state index contributed by atoms with van der Waals surface area (Å²) in [6.45, 7) is 3.16. The summed E-state index contributed by atoms with van der Waals surface area (Å²) in [6, 6.07) is 9.17. The fraction of sp³-hybridized carbons (Fsp3) is 0.391. The summed E-state index contributed by atoms with van der Waals surface area (Å²) >= 11 is 0. The molecule has 7 nitrogen and oxygen atoms in total. The summed E-state index contributed by atoms with van der Waals surface area (Å²) in [6.07, 6.45) is -3.68. The highest BCUT2D eigenvalue weighted by atomic mass is 32.2. The normalized spacial score (nSPS) is 15.5. The van der Waals surface area contributed by atoms with Crippen LogP contribution >= 0.6 is 0 Å². The molecule has 0 radical (unpaired) electrons. The molecule has 0 spiro atoms. The summed E-state index contributed by atoms with van der Waals surface area (Å²) in [5.74, 6) is -1.98. The molecule has 0 saturated heterocycles. The molecule has 11 heteroatoms. The number of rotatable bonds is 8. The van der Waals surface area contributed by atoms with Crippen molar-refractivity contribution in [1.29, 1.82) is 0 Å². The minimum absolute atomic E-state index is 0.373. The van der Waals surface area contributed by atoms with Gasteiger partial charge in [0.25, 0.3) is 5.91 Å². The lowest BCUT2D eigenvalue weighted by Crippen LogP contribution is -2.46. The Morgan fingerprint density at radius 1 is 1.15 bits per heavy atom. The Morgan fingerprint density at radius 2 is 1.85 bits per heavy atom. The minimum Gasteiger partial charge on any atom is -0.454 e. The molecule has 184 valence electrons. The zero-order chi connectivity index (χ0) is 25.1. The van der Waals surface area contributed by atoms with Crippen LogP contribution < -0.4 is 9.62 Å². The van der Waals surface area contributed by atoms with E-state index >= 15 is 0 Å². The maximum absolute atomic E-state index is 13.0. The second-order valence-electron chi connectivity index (χ2n) is 8.04. The highest BCUT2D eigenvalue weighted by Gasteiger charge is 2.35. The Labute approximate surface area is 196 Å². The highest BCUT2D eigenvalue weighted by Crippen LogP contribution is 2.31. The standard InChI is InChI=1S/C23H25F3N2O5S/c1-3-15(2)21(27-34(31,32)18-9-6-8-17(13-18)23(24,25)26)22(30)33-14-20(29)28-12-11-16-7-4-5-10-19(16)28/h4-10,13,15,21,27H,3,11-12,14H2,1-2H3/t15-,21+/m1/s1. The van der Waals surface area contributed by atoms with Crippen molar-refractivity contribution in [2.45, 2.75) is 43.8 Å². The fourth-order valence-electron chi connectivity index (χ4n) is 3.60. The van der Waals surface area contributed by atoms with E-state index in [4.69, 9.17) is 4.74 Å². The molecule has 3 rings (SSSR count). The molecular formula is C23H25F3N2O5S. The zero-order valence-electron chi connectivity index (χ0n) is 18.6. The SMILES string of the molecule is CC[C@@H](C)[C@H](NS(=O)(=O)c1cccc(C(F)(F)F)c1)C(=O)OCC(=O)N1CCc2ccccc21. The molecule has 1 amide bonds. The van der Waals surface area contributed by atoms with E-state index in [0.29, 0.717) is 25.5 Å². The summed E-state index contributed by atoms with van der Waals surface area (Å²) in [7, 11) is -4.48. The van der Waals surface area contributed by atoms with Crippen LogP contribution in [0.15, 0.2) is 53.4 Å². The number of nitrogens with one attached hydrogen (secondary N) is 1.